The third-order valence-electron chi connectivity index (χ3n) is 3.02. The topological polar surface area (TPSA) is 43.4 Å². The van der Waals surface area contributed by atoms with E-state index in [1.54, 1.807) is 6.92 Å². The van der Waals surface area contributed by atoms with E-state index in [0.29, 0.717) is 12.5 Å². The summed E-state index contributed by atoms with van der Waals surface area (Å²) in [5.74, 6) is 0.411. The van der Waals surface area contributed by atoms with Gasteiger partial charge in [0.1, 0.15) is 12.2 Å². The number of rotatable bonds is 4. The largest absolute Gasteiger partial charge is 0.466 e. The summed E-state index contributed by atoms with van der Waals surface area (Å²) in [6, 6.07) is 0. The van der Waals surface area contributed by atoms with Crippen molar-refractivity contribution >= 4 is 11.8 Å². The van der Waals surface area contributed by atoms with Gasteiger partial charge in [0.2, 0.25) is 0 Å². The molecule has 0 aliphatic heterocycles. The molecule has 0 aromatic heterocycles. The van der Waals surface area contributed by atoms with Gasteiger partial charge in [0, 0.05) is 5.92 Å². The van der Waals surface area contributed by atoms with Crippen molar-refractivity contribution in [3.05, 3.63) is 0 Å². The van der Waals surface area contributed by atoms with E-state index in [1.807, 2.05) is 0 Å². The van der Waals surface area contributed by atoms with E-state index in [2.05, 4.69) is 6.92 Å². The van der Waals surface area contributed by atoms with Gasteiger partial charge in [0.25, 0.3) is 0 Å². The van der Waals surface area contributed by atoms with Crippen LogP contribution < -0.4 is 0 Å². The van der Waals surface area contributed by atoms with E-state index >= 15 is 0 Å². The predicted octanol–water partition coefficient (Wildman–Crippen LogP) is 2.33. The lowest BCUT2D eigenvalue weighted by molar-refractivity contribution is -0.146. The number of hydrogen-bond donors (Lipinski definition) is 0. The van der Waals surface area contributed by atoms with E-state index in [9.17, 15) is 9.59 Å². The fraction of sp³-hybridized carbons (Fsp3) is 0.833. The monoisotopic (exact) mass is 212 g/mol. The molecule has 0 aromatic rings. The average Bonchev–Trinajstić information content (AvgIpc) is 2.18. The van der Waals surface area contributed by atoms with Crippen LogP contribution in [0.4, 0.5) is 0 Å². The van der Waals surface area contributed by atoms with Gasteiger partial charge in [-0.3, -0.25) is 9.59 Å². The van der Waals surface area contributed by atoms with Crippen LogP contribution in [0, 0.1) is 11.8 Å². The zero-order valence-corrected chi connectivity index (χ0v) is 9.62. The lowest BCUT2D eigenvalue weighted by atomic mass is 9.79. The third kappa shape index (κ3) is 4.02. The van der Waals surface area contributed by atoms with Crippen molar-refractivity contribution in [2.45, 2.75) is 46.0 Å². The molecule has 0 aromatic carbocycles. The first-order chi connectivity index (χ1) is 7.13. The highest BCUT2D eigenvalue weighted by Crippen LogP contribution is 2.29. The molecule has 1 fully saturated rings. The van der Waals surface area contributed by atoms with Gasteiger partial charge in [-0.25, -0.2) is 0 Å². The molecule has 0 bridgehead atoms. The van der Waals surface area contributed by atoms with Gasteiger partial charge in [0.05, 0.1) is 6.61 Å². The average molecular weight is 212 g/mol. The molecule has 0 saturated heterocycles. The highest BCUT2D eigenvalue weighted by molar-refractivity contribution is 5.96. The lowest BCUT2D eigenvalue weighted by Gasteiger charge is -2.25. The normalized spacial score (nSPS) is 26.0. The fourth-order valence-electron chi connectivity index (χ4n) is 2.23. The maximum absolute atomic E-state index is 11.7. The van der Waals surface area contributed by atoms with Crippen LogP contribution in [-0.2, 0) is 14.3 Å². The molecule has 2 atom stereocenters. The molecular weight excluding hydrogens is 192 g/mol. The van der Waals surface area contributed by atoms with Crippen LogP contribution >= 0.6 is 0 Å². The zero-order valence-electron chi connectivity index (χ0n) is 9.62. The summed E-state index contributed by atoms with van der Waals surface area (Å²) in [5.41, 5.74) is 0. The van der Waals surface area contributed by atoms with Crippen molar-refractivity contribution in [2.24, 2.45) is 11.8 Å². The van der Waals surface area contributed by atoms with E-state index in [1.165, 1.54) is 6.42 Å². The van der Waals surface area contributed by atoms with Crippen molar-refractivity contribution in [3.8, 4) is 0 Å². The summed E-state index contributed by atoms with van der Waals surface area (Å²) < 4.78 is 4.77. The quantitative estimate of drug-likeness (QED) is 0.530. The molecule has 0 amide bonds. The van der Waals surface area contributed by atoms with Gasteiger partial charge in [-0.2, -0.15) is 0 Å². The summed E-state index contributed by atoms with van der Waals surface area (Å²) in [4.78, 5) is 22.9. The van der Waals surface area contributed by atoms with Crippen LogP contribution in [0.1, 0.15) is 46.0 Å². The second-order valence-electron chi connectivity index (χ2n) is 4.42. The van der Waals surface area contributed by atoms with Crippen molar-refractivity contribution < 1.29 is 14.3 Å². The van der Waals surface area contributed by atoms with Crippen LogP contribution in [0.2, 0.25) is 0 Å². The fourth-order valence-corrected chi connectivity index (χ4v) is 2.23. The van der Waals surface area contributed by atoms with Crippen LogP contribution in [0.25, 0.3) is 0 Å². The minimum Gasteiger partial charge on any atom is -0.466 e. The molecular formula is C12H20O3. The van der Waals surface area contributed by atoms with Crippen LogP contribution in [-0.4, -0.2) is 18.4 Å². The Balaban J connectivity index is 2.35. The van der Waals surface area contributed by atoms with Gasteiger partial charge in [-0.15, -0.1) is 0 Å². The summed E-state index contributed by atoms with van der Waals surface area (Å²) in [6.45, 7) is 4.28. The molecule has 0 radical (unpaired) electrons. The van der Waals surface area contributed by atoms with Crippen LogP contribution in [0.3, 0.4) is 0 Å². The Hall–Kier alpha value is -0.860. The number of Topliss-reactive ketones (excluding diaryl/α,β-unsaturated/α-hetero) is 1. The molecule has 3 heteroatoms. The number of hydrogen-bond acceptors (Lipinski definition) is 3. The first-order valence-corrected chi connectivity index (χ1v) is 5.81. The molecule has 86 valence electrons. The molecule has 3 nitrogen and oxygen atoms in total. The number of carbonyl (C=O) groups is 2. The molecule has 1 rings (SSSR count). The first kappa shape index (κ1) is 12.2. The Morgan fingerprint density at radius 1 is 1.33 bits per heavy atom. The Labute approximate surface area is 91.2 Å². The number of esters is 1. The molecule has 2 unspecified atom stereocenters. The SMILES string of the molecule is CCOC(=O)CC(=O)C1CCCC(C)C1. The number of carbonyl (C=O) groups excluding carboxylic acids is 2. The Morgan fingerprint density at radius 2 is 2.07 bits per heavy atom. The van der Waals surface area contributed by atoms with E-state index < -0.39 is 0 Å². The van der Waals surface area contributed by atoms with Crippen LogP contribution in [0.15, 0.2) is 0 Å². The molecule has 0 heterocycles. The van der Waals surface area contributed by atoms with Gasteiger partial charge in [0.15, 0.2) is 0 Å². The smallest absolute Gasteiger partial charge is 0.313 e. The minimum absolute atomic E-state index is 0.0365. The second kappa shape index (κ2) is 5.89. The molecule has 15 heavy (non-hydrogen) atoms. The zero-order chi connectivity index (χ0) is 11.3. The molecule has 0 spiro atoms. The lowest BCUT2D eigenvalue weighted by Crippen LogP contribution is -2.24. The highest BCUT2D eigenvalue weighted by Gasteiger charge is 2.26. The Kier molecular flexibility index (Phi) is 4.79. The van der Waals surface area contributed by atoms with E-state index in [-0.39, 0.29) is 24.1 Å². The van der Waals surface area contributed by atoms with Gasteiger partial charge < -0.3 is 4.74 Å². The summed E-state index contributed by atoms with van der Waals surface area (Å²) >= 11 is 0. The standard InChI is InChI=1S/C12H20O3/c1-3-15-12(14)8-11(13)10-6-4-5-9(2)7-10/h9-10H,3-8H2,1-2H3. The second-order valence-corrected chi connectivity index (χ2v) is 4.42. The van der Waals surface area contributed by atoms with E-state index in [4.69, 9.17) is 4.74 Å². The summed E-state index contributed by atoms with van der Waals surface area (Å²) in [6.07, 6.45) is 4.18. The van der Waals surface area contributed by atoms with Crippen molar-refractivity contribution in [1.82, 2.24) is 0 Å². The van der Waals surface area contributed by atoms with E-state index in [0.717, 1.165) is 19.3 Å². The predicted molar refractivity (Wildman–Crippen MR) is 57.4 cm³/mol. The molecule has 0 N–H and O–H groups in total. The van der Waals surface area contributed by atoms with Gasteiger partial charge in [-0.05, 0) is 25.7 Å². The summed E-state index contributed by atoms with van der Waals surface area (Å²) in [7, 11) is 0. The van der Waals surface area contributed by atoms with Crippen molar-refractivity contribution in [3.63, 3.8) is 0 Å². The van der Waals surface area contributed by atoms with Gasteiger partial charge in [-0.1, -0.05) is 19.8 Å². The molecule has 1 aliphatic carbocycles. The third-order valence-corrected chi connectivity index (χ3v) is 3.02. The number of ketones is 1. The van der Waals surface area contributed by atoms with Crippen molar-refractivity contribution in [2.75, 3.05) is 6.61 Å². The maximum Gasteiger partial charge on any atom is 0.313 e. The number of ether oxygens (including phenoxy) is 1. The molecule has 1 saturated carbocycles. The first-order valence-electron chi connectivity index (χ1n) is 5.81. The van der Waals surface area contributed by atoms with Crippen molar-refractivity contribution in [1.29, 1.82) is 0 Å². The van der Waals surface area contributed by atoms with Gasteiger partial charge >= 0.3 is 5.97 Å². The van der Waals surface area contributed by atoms with Crippen LogP contribution in [0.5, 0.6) is 0 Å². The Bertz CT molecular complexity index is 235. The minimum atomic E-state index is -0.374. The maximum atomic E-state index is 11.7. The Morgan fingerprint density at radius 3 is 2.67 bits per heavy atom. The summed E-state index contributed by atoms with van der Waals surface area (Å²) in [5, 5.41) is 0. The highest BCUT2D eigenvalue weighted by atomic mass is 16.5. The molecule has 1 aliphatic rings.